The molecule has 1 aromatic carbocycles. The lowest BCUT2D eigenvalue weighted by molar-refractivity contribution is -0.127. The zero-order chi connectivity index (χ0) is 15.2. The first-order chi connectivity index (χ1) is 10.0. The molecule has 1 atom stereocenters. The van der Waals surface area contributed by atoms with Crippen molar-refractivity contribution in [1.82, 2.24) is 5.43 Å². The number of thiophene rings is 1. The SMILES string of the molecule is Cc1ccc(/C=N\NC(=O)[C@@H](C)Oc2ccc(Cl)cc2)s1. The van der Waals surface area contributed by atoms with Crippen LogP contribution in [0.3, 0.4) is 0 Å². The van der Waals surface area contributed by atoms with Gasteiger partial charge in [0.15, 0.2) is 6.10 Å². The molecule has 0 fully saturated rings. The molecule has 2 aromatic rings. The van der Waals surface area contributed by atoms with E-state index >= 15 is 0 Å². The van der Waals surface area contributed by atoms with Crippen LogP contribution < -0.4 is 10.2 Å². The molecule has 1 aromatic heterocycles. The predicted octanol–water partition coefficient (Wildman–Crippen LogP) is 3.63. The predicted molar refractivity (Wildman–Crippen MR) is 86.3 cm³/mol. The number of carbonyl (C=O) groups excluding carboxylic acids is 1. The standard InChI is InChI=1S/C15H15ClN2O2S/c1-10-3-8-14(21-10)9-17-18-15(19)11(2)20-13-6-4-12(16)5-7-13/h3-9,11H,1-2H3,(H,18,19)/b17-9-/t11-/m1/s1. The summed E-state index contributed by atoms with van der Waals surface area (Å²) in [6.07, 6.45) is 0.971. The Bertz CT molecular complexity index is 637. The van der Waals surface area contributed by atoms with E-state index in [0.29, 0.717) is 10.8 Å². The fourth-order valence-corrected chi connectivity index (χ4v) is 2.42. The molecule has 6 heteroatoms. The normalized spacial score (nSPS) is 12.3. The molecule has 0 bridgehead atoms. The number of rotatable bonds is 5. The number of hydrogen-bond acceptors (Lipinski definition) is 4. The van der Waals surface area contributed by atoms with Crippen molar-refractivity contribution in [2.75, 3.05) is 0 Å². The van der Waals surface area contributed by atoms with E-state index in [0.717, 1.165) is 4.88 Å². The number of ether oxygens (including phenoxy) is 1. The first kappa shape index (κ1) is 15.5. The molecule has 0 radical (unpaired) electrons. The second-order valence-electron chi connectivity index (χ2n) is 4.40. The van der Waals surface area contributed by atoms with Crippen LogP contribution in [0.1, 0.15) is 16.7 Å². The average molecular weight is 323 g/mol. The third kappa shape index (κ3) is 4.88. The smallest absolute Gasteiger partial charge is 0.280 e. The molecule has 1 amide bonds. The van der Waals surface area contributed by atoms with E-state index in [1.165, 1.54) is 4.88 Å². The van der Waals surface area contributed by atoms with Crippen molar-refractivity contribution in [3.63, 3.8) is 0 Å². The average Bonchev–Trinajstić information content (AvgIpc) is 2.87. The third-order valence-electron chi connectivity index (χ3n) is 2.62. The molecule has 0 aliphatic carbocycles. The van der Waals surface area contributed by atoms with E-state index in [2.05, 4.69) is 10.5 Å². The highest BCUT2D eigenvalue weighted by Gasteiger charge is 2.13. The monoisotopic (exact) mass is 322 g/mol. The second kappa shape index (κ2) is 7.24. The molecule has 2 rings (SSSR count). The maximum Gasteiger partial charge on any atom is 0.280 e. The first-order valence-corrected chi connectivity index (χ1v) is 7.55. The summed E-state index contributed by atoms with van der Waals surface area (Å²) in [7, 11) is 0. The van der Waals surface area contributed by atoms with Crippen molar-refractivity contribution in [1.29, 1.82) is 0 Å². The van der Waals surface area contributed by atoms with Crippen molar-refractivity contribution < 1.29 is 9.53 Å². The number of halogens is 1. The minimum Gasteiger partial charge on any atom is -0.481 e. The van der Waals surface area contributed by atoms with Gasteiger partial charge in [0.05, 0.1) is 6.21 Å². The molecule has 4 nitrogen and oxygen atoms in total. The van der Waals surface area contributed by atoms with Gasteiger partial charge in [0.1, 0.15) is 5.75 Å². The Hall–Kier alpha value is -1.85. The Labute approximate surface area is 132 Å². The lowest BCUT2D eigenvalue weighted by Crippen LogP contribution is -2.33. The van der Waals surface area contributed by atoms with E-state index in [4.69, 9.17) is 16.3 Å². The quantitative estimate of drug-likeness (QED) is 0.675. The molecule has 1 N–H and O–H groups in total. The van der Waals surface area contributed by atoms with Gasteiger partial charge in [-0.05, 0) is 50.2 Å². The van der Waals surface area contributed by atoms with Crippen molar-refractivity contribution in [2.24, 2.45) is 5.10 Å². The number of amides is 1. The molecular formula is C15H15ClN2O2S. The zero-order valence-corrected chi connectivity index (χ0v) is 13.2. The van der Waals surface area contributed by atoms with Gasteiger partial charge in [-0.2, -0.15) is 5.10 Å². The van der Waals surface area contributed by atoms with E-state index in [1.54, 1.807) is 48.7 Å². The Kier molecular flexibility index (Phi) is 5.36. The Morgan fingerprint density at radius 2 is 2.05 bits per heavy atom. The van der Waals surface area contributed by atoms with Crippen LogP contribution in [0.4, 0.5) is 0 Å². The highest BCUT2D eigenvalue weighted by atomic mass is 35.5. The number of hydrogen-bond donors (Lipinski definition) is 1. The number of aryl methyl sites for hydroxylation is 1. The molecule has 0 spiro atoms. The van der Waals surface area contributed by atoms with Crippen LogP contribution in [0.2, 0.25) is 5.02 Å². The molecule has 0 saturated heterocycles. The number of hydrazone groups is 1. The summed E-state index contributed by atoms with van der Waals surface area (Å²) in [6, 6.07) is 10.8. The van der Waals surface area contributed by atoms with Gasteiger partial charge in [0, 0.05) is 14.8 Å². The number of carbonyl (C=O) groups is 1. The minimum absolute atomic E-state index is 0.311. The summed E-state index contributed by atoms with van der Waals surface area (Å²) in [5, 5.41) is 4.54. The molecule has 110 valence electrons. The van der Waals surface area contributed by atoms with E-state index in [1.807, 2.05) is 19.1 Å². The highest BCUT2D eigenvalue weighted by molar-refractivity contribution is 7.13. The van der Waals surface area contributed by atoms with Crippen LogP contribution in [0.5, 0.6) is 5.75 Å². The van der Waals surface area contributed by atoms with Gasteiger partial charge in [-0.25, -0.2) is 5.43 Å². The fourth-order valence-electron chi connectivity index (χ4n) is 1.54. The first-order valence-electron chi connectivity index (χ1n) is 6.36. The molecule has 21 heavy (non-hydrogen) atoms. The zero-order valence-electron chi connectivity index (χ0n) is 11.7. The van der Waals surface area contributed by atoms with Crippen LogP contribution in [-0.2, 0) is 4.79 Å². The van der Waals surface area contributed by atoms with Crippen LogP contribution in [-0.4, -0.2) is 18.2 Å². The van der Waals surface area contributed by atoms with Gasteiger partial charge in [-0.15, -0.1) is 11.3 Å². The van der Waals surface area contributed by atoms with E-state index in [9.17, 15) is 4.79 Å². The van der Waals surface area contributed by atoms with Gasteiger partial charge in [0.25, 0.3) is 5.91 Å². The van der Waals surface area contributed by atoms with E-state index < -0.39 is 6.10 Å². The van der Waals surface area contributed by atoms with Gasteiger partial charge in [-0.3, -0.25) is 4.79 Å². The van der Waals surface area contributed by atoms with Gasteiger partial charge < -0.3 is 4.74 Å². The Morgan fingerprint density at radius 1 is 1.33 bits per heavy atom. The maximum absolute atomic E-state index is 11.8. The summed E-state index contributed by atoms with van der Waals surface area (Å²) in [6.45, 7) is 3.68. The summed E-state index contributed by atoms with van der Waals surface area (Å²) in [5.41, 5.74) is 2.46. The van der Waals surface area contributed by atoms with Crippen LogP contribution in [0.25, 0.3) is 0 Å². The molecule has 0 aliphatic heterocycles. The summed E-state index contributed by atoms with van der Waals surface area (Å²) < 4.78 is 5.50. The van der Waals surface area contributed by atoms with Crippen molar-refractivity contribution in [3.8, 4) is 5.75 Å². The molecule has 1 heterocycles. The van der Waals surface area contributed by atoms with Crippen LogP contribution in [0, 0.1) is 6.92 Å². The molecular weight excluding hydrogens is 308 g/mol. The Morgan fingerprint density at radius 3 is 2.67 bits per heavy atom. The van der Waals surface area contributed by atoms with Crippen molar-refractivity contribution >= 4 is 35.1 Å². The largest absolute Gasteiger partial charge is 0.481 e. The summed E-state index contributed by atoms with van der Waals surface area (Å²) >= 11 is 7.39. The van der Waals surface area contributed by atoms with Gasteiger partial charge >= 0.3 is 0 Å². The lowest BCUT2D eigenvalue weighted by Gasteiger charge is -2.12. The fraction of sp³-hybridized carbons (Fsp3) is 0.200. The van der Waals surface area contributed by atoms with E-state index in [-0.39, 0.29) is 5.91 Å². The van der Waals surface area contributed by atoms with Crippen molar-refractivity contribution in [2.45, 2.75) is 20.0 Å². The Balaban J connectivity index is 1.85. The van der Waals surface area contributed by atoms with Gasteiger partial charge in [0.2, 0.25) is 0 Å². The highest BCUT2D eigenvalue weighted by Crippen LogP contribution is 2.16. The third-order valence-corrected chi connectivity index (χ3v) is 3.81. The summed E-state index contributed by atoms with van der Waals surface area (Å²) in [4.78, 5) is 14.0. The van der Waals surface area contributed by atoms with Crippen molar-refractivity contribution in [3.05, 3.63) is 51.2 Å². The van der Waals surface area contributed by atoms with Gasteiger partial charge in [-0.1, -0.05) is 11.6 Å². The molecule has 0 aliphatic rings. The maximum atomic E-state index is 11.8. The minimum atomic E-state index is -0.645. The molecule has 0 unspecified atom stereocenters. The van der Waals surface area contributed by atoms with Crippen LogP contribution in [0.15, 0.2) is 41.5 Å². The number of benzene rings is 1. The summed E-state index contributed by atoms with van der Waals surface area (Å²) in [5.74, 6) is 0.273. The molecule has 0 saturated carbocycles. The number of nitrogens with zero attached hydrogens (tertiary/aromatic N) is 1. The number of nitrogens with one attached hydrogen (secondary N) is 1. The topological polar surface area (TPSA) is 50.7 Å². The second-order valence-corrected chi connectivity index (χ2v) is 6.15. The van der Waals surface area contributed by atoms with Crippen LogP contribution >= 0.6 is 22.9 Å². The lowest BCUT2D eigenvalue weighted by atomic mass is 10.3.